The van der Waals surface area contributed by atoms with Gasteiger partial charge in [0, 0.05) is 18.8 Å². The molecule has 3 nitrogen and oxygen atoms in total. The molecule has 1 heterocycles. The highest BCUT2D eigenvalue weighted by Crippen LogP contribution is 2.44. The van der Waals surface area contributed by atoms with Gasteiger partial charge in [-0.3, -0.25) is 4.79 Å². The first-order chi connectivity index (χ1) is 9.22. The summed E-state index contributed by atoms with van der Waals surface area (Å²) in [6.07, 6.45) is 6.45. The average molecular weight is 259 g/mol. The van der Waals surface area contributed by atoms with Gasteiger partial charge < -0.3 is 10.0 Å². The van der Waals surface area contributed by atoms with Gasteiger partial charge in [-0.25, -0.2) is 0 Å². The van der Waals surface area contributed by atoms with E-state index in [0.717, 1.165) is 37.9 Å². The van der Waals surface area contributed by atoms with E-state index in [0.29, 0.717) is 0 Å². The van der Waals surface area contributed by atoms with Crippen molar-refractivity contribution in [3.8, 4) is 0 Å². The van der Waals surface area contributed by atoms with Gasteiger partial charge in [0.25, 0.3) is 0 Å². The number of hydrogen-bond donors (Lipinski definition) is 1. The van der Waals surface area contributed by atoms with Crippen molar-refractivity contribution in [1.82, 2.24) is 0 Å². The standard InChI is InChI=1S/C16H21NO2/c18-15(19)16(9-4-10-16)13-5-7-14(8-6-13)17-11-2-1-3-12-17/h5-8H,1-4,9-12H2,(H,18,19). The molecule has 19 heavy (non-hydrogen) atoms. The van der Waals surface area contributed by atoms with Crippen LogP contribution in [0.5, 0.6) is 0 Å². The monoisotopic (exact) mass is 259 g/mol. The summed E-state index contributed by atoms with van der Waals surface area (Å²) >= 11 is 0. The lowest BCUT2D eigenvalue weighted by Crippen LogP contribution is -2.42. The summed E-state index contributed by atoms with van der Waals surface area (Å²) in [5.41, 5.74) is 1.62. The number of carboxylic acids is 1. The number of hydrogen-bond acceptors (Lipinski definition) is 2. The molecule has 0 radical (unpaired) electrons. The van der Waals surface area contributed by atoms with Crippen molar-refractivity contribution in [2.75, 3.05) is 18.0 Å². The van der Waals surface area contributed by atoms with E-state index in [1.807, 2.05) is 12.1 Å². The molecule has 0 bridgehead atoms. The number of rotatable bonds is 3. The summed E-state index contributed by atoms with van der Waals surface area (Å²) in [5.74, 6) is -0.663. The zero-order valence-electron chi connectivity index (χ0n) is 11.3. The SMILES string of the molecule is O=C(O)C1(c2ccc(N3CCCCC3)cc2)CCC1. The molecule has 0 amide bonds. The van der Waals surface area contributed by atoms with Crippen LogP contribution in [0.2, 0.25) is 0 Å². The molecule has 1 saturated carbocycles. The Morgan fingerprint density at radius 1 is 1.00 bits per heavy atom. The quantitative estimate of drug-likeness (QED) is 0.906. The molecule has 102 valence electrons. The van der Waals surface area contributed by atoms with Crippen molar-refractivity contribution in [3.63, 3.8) is 0 Å². The van der Waals surface area contributed by atoms with E-state index in [1.54, 1.807) is 0 Å². The Morgan fingerprint density at radius 3 is 2.11 bits per heavy atom. The highest BCUT2D eigenvalue weighted by Gasteiger charge is 2.45. The lowest BCUT2D eigenvalue weighted by Gasteiger charge is -2.38. The van der Waals surface area contributed by atoms with Gasteiger partial charge in [0.05, 0.1) is 5.41 Å². The Balaban J connectivity index is 1.80. The van der Waals surface area contributed by atoms with Crippen LogP contribution in [-0.2, 0) is 10.2 Å². The van der Waals surface area contributed by atoms with Crippen LogP contribution in [0.4, 0.5) is 5.69 Å². The van der Waals surface area contributed by atoms with E-state index < -0.39 is 11.4 Å². The molecule has 0 atom stereocenters. The molecule has 1 N–H and O–H groups in total. The molecule has 0 spiro atoms. The molecular weight excluding hydrogens is 238 g/mol. The second-order valence-corrected chi connectivity index (χ2v) is 5.84. The van der Waals surface area contributed by atoms with Gasteiger partial charge in [0.2, 0.25) is 0 Å². The number of aliphatic carboxylic acids is 1. The van der Waals surface area contributed by atoms with Crippen molar-refractivity contribution >= 4 is 11.7 Å². The van der Waals surface area contributed by atoms with Gasteiger partial charge >= 0.3 is 5.97 Å². The Kier molecular flexibility index (Phi) is 3.21. The summed E-state index contributed by atoms with van der Waals surface area (Å²) < 4.78 is 0. The number of anilines is 1. The van der Waals surface area contributed by atoms with E-state index in [-0.39, 0.29) is 0 Å². The van der Waals surface area contributed by atoms with E-state index in [2.05, 4.69) is 17.0 Å². The van der Waals surface area contributed by atoms with Gasteiger partial charge in [0.15, 0.2) is 0 Å². The van der Waals surface area contributed by atoms with E-state index in [1.165, 1.54) is 24.9 Å². The first kappa shape index (κ1) is 12.5. The fourth-order valence-electron chi connectivity index (χ4n) is 3.30. The third kappa shape index (κ3) is 2.11. The zero-order valence-corrected chi connectivity index (χ0v) is 11.3. The minimum Gasteiger partial charge on any atom is -0.481 e. The van der Waals surface area contributed by atoms with Crippen LogP contribution in [0, 0.1) is 0 Å². The predicted molar refractivity (Wildman–Crippen MR) is 75.7 cm³/mol. The predicted octanol–water partition coefficient (Wildman–Crippen LogP) is 3.18. The lowest BCUT2D eigenvalue weighted by molar-refractivity contribution is -0.147. The normalized spacial score (nSPS) is 21.8. The molecule has 1 saturated heterocycles. The topological polar surface area (TPSA) is 40.5 Å². The van der Waals surface area contributed by atoms with Crippen molar-refractivity contribution in [2.24, 2.45) is 0 Å². The lowest BCUT2D eigenvalue weighted by atomic mass is 9.64. The Labute approximate surface area is 114 Å². The van der Waals surface area contributed by atoms with E-state index >= 15 is 0 Å². The van der Waals surface area contributed by atoms with Gasteiger partial charge in [-0.2, -0.15) is 0 Å². The third-order valence-electron chi connectivity index (χ3n) is 4.76. The number of piperidine rings is 1. The first-order valence-electron chi connectivity index (χ1n) is 7.31. The Bertz CT molecular complexity index is 456. The molecule has 3 heteroatoms. The molecule has 1 aliphatic heterocycles. The third-order valence-corrected chi connectivity index (χ3v) is 4.76. The molecule has 3 rings (SSSR count). The smallest absolute Gasteiger partial charge is 0.314 e. The van der Waals surface area contributed by atoms with Crippen molar-refractivity contribution in [1.29, 1.82) is 0 Å². The molecular formula is C16H21NO2. The first-order valence-corrected chi connectivity index (χ1v) is 7.31. The maximum absolute atomic E-state index is 11.5. The van der Waals surface area contributed by atoms with Crippen molar-refractivity contribution < 1.29 is 9.90 Å². The Morgan fingerprint density at radius 2 is 1.63 bits per heavy atom. The van der Waals surface area contributed by atoms with Crippen LogP contribution in [-0.4, -0.2) is 24.2 Å². The number of benzene rings is 1. The molecule has 0 unspecified atom stereocenters. The number of nitrogens with zero attached hydrogens (tertiary/aromatic N) is 1. The second-order valence-electron chi connectivity index (χ2n) is 5.84. The van der Waals surface area contributed by atoms with Crippen molar-refractivity contribution in [2.45, 2.75) is 43.9 Å². The second kappa shape index (κ2) is 4.87. The molecule has 2 fully saturated rings. The minimum atomic E-state index is -0.663. The van der Waals surface area contributed by atoms with Crippen LogP contribution in [0.3, 0.4) is 0 Å². The maximum atomic E-state index is 11.5. The molecule has 1 aromatic carbocycles. The van der Waals surface area contributed by atoms with E-state index in [4.69, 9.17) is 0 Å². The van der Waals surface area contributed by atoms with Crippen LogP contribution in [0.1, 0.15) is 44.1 Å². The van der Waals surface area contributed by atoms with Crippen LogP contribution < -0.4 is 4.90 Å². The van der Waals surface area contributed by atoms with Gasteiger partial charge in [-0.15, -0.1) is 0 Å². The van der Waals surface area contributed by atoms with Crippen LogP contribution in [0.15, 0.2) is 24.3 Å². The largest absolute Gasteiger partial charge is 0.481 e. The maximum Gasteiger partial charge on any atom is 0.314 e. The minimum absolute atomic E-state index is 0.597. The Hall–Kier alpha value is -1.51. The highest BCUT2D eigenvalue weighted by atomic mass is 16.4. The summed E-state index contributed by atoms with van der Waals surface area (Å²) in [6.45, 7) is 2.26. The fraction of sp³-hybridized carbons (Fsp3) is 0.562. The van der Waals surface area contributed by atoms with Crippen molar-refractivity contribution in [3.05, 3.63) is 29.8 Å². The van der Waals surface area contributed by atoms with Crippen LogP contribution >= 0.6 is 0 Å². The fourth-order valence-corrected chi connectivity index (χ4v) is 3.30. The van der Waals surface area contributed by atoms with Crippen LogP contribution in [0.25, 0.3) is 0 Å². The summed E-state index contributed by atoms with van der Waals surface area (Å²) in [6, 6.07) is 8.25. The highest BCUT2D eigenvalue weighted by molar-refractivity contribution is 5.82. The molecule has 0 aromatic heterocycles. The van der Waals surface area contributed by atoms with Gasteiger partial charge in [0.1, 0.15) is 0 Å². The average Bonchev–Trinajstić information content (AvgIpc) is 2.39. The summed E-state index contributed by atoms with van der Waals surface area (Å²) in [7, 11) is 0. The summed E-state index contributed by atoms with van der Waals surface area (Å²) in [5, 5.41) is 9.44. The number of carboxylic acid groups (broad SMARTS) is 1. The van der Waals surface area contributed by atoms with E-state index in [9.17, 15) is 9.90 Å². The van der Waals surface area contributed by atoms with Gasteiger partial charge in [-0.05, 0) is 49.8 Å². The number of carbonyl (C=O) groups is 1. The molecule has 2 aliphatic rings. The zero-order chi connectivity index (χ0) is 13.3. The molecule has 1 aliphatic carbocycles. The van der Waals surface area contributed by atoms with Gasteiger partial charge in [-0.1, -0.05) is 18.6 Å². The summed E-state index contributed by atoms with van der Waals surface area (Å²) in [4.78, 5) is 13.9. The molecule has 1 aromatic rings.